The van der Waals surface area contributed by atoms with Crippen molar-refractivity contribution in [3.8, 4) is 16.9 Å². The largest absolute Gasteiger partial charge is 0.505 e. The zero-order valence-electron chi connectivity index (χ0n) is 19.5. The van der Waals surface area contributed by atoms with Gasteiger partial charge in [-0.3, -0.25) is 0 Å². The van der Waals surface area contributed by atoms with E-state index in [0.29, 0.717) is 33.5 Å². The van der Waals surface area contributed by atoms with E-state index in [2.05, 4.69) is 15.4 Å². The molecule has 4 aromatic rings. The molecule has 186 valence electrons. The van der Waals surface area contributed by atoms with Gasteiger partial charge < -0.3 is 21.9 Å². The Bertz CT molecular complexity index is 1500. The zero-order chi connectivity index (χ0) is 25.6. The molecule has 1 aliphatic rings. The van der Waals surface area contributed by atoms with Gasteiger partial charge >= 0.3 is 0 Å². The van der Waals surface area contributed by atoms with Crippen molar-refractivity contribution in [2.75, 3.05) is 5.32 Å². The Morgan fingerprint density at radius 1 is 1.22 bits per heavy atom. The molecular weight excluding hydrogens is 486 g/mol. The summed E-state index contributed by atoms with van der Waals surface area (Å²) in [5.74, 6) is -1.48. The third kappa shape index (κ3) is 4.59. The number of aromatic nitrogens is 2. The highest BCUT2D eigenvalue weighted by atomic mass is 35.5. The van der Waals surface area contributed by atoms with Crippen LogP contribution in [-0.4, -0.2) is 32.6 Å². The summed E-state index contributed by atoms with van der Waals surface area (Å²) in [6.07, 6.45) is 5.92. The van der Waals surface area contributed by atoms with Crippen LogP contribution < -0.4 is 16.8 Å². The van der Waals surface area contributed by atoms with E-state index in [4.69, 9.17) is 23.1 Å². The molecule has 2 aromatic carbocycles. The number of aliphatic imine (C=N–C) groups is 1. The molecule has 7 nitrogen and oxygen atoms in total. The zero-order valence-corrected chi connectivity index (χ0v) is 20.2. The summed E-state index contributed by atoms with van der Waals surface area (Å²) < 4.78 is 29.6. The number of nitrogens with two attached hydrogens (primary N) is 2. The summed E-state index contributed by atoms with van der Waals surface area (Å²) in [5, 5.41) is 18.0. The SMILES string of the molecule is Cc1cc(O)c(F)cc1-c1cc2c(N[C@@H]3CC[C@H](N)C3)c(C(N)=Nc3cc(F)ccc3Cl)cnn2c1. The Hall–Kier alpha value is -3.69. The number of amidine groups is 1. The number of phenolic OH excluding ortho intramolecular Hbond substituents is 1. The van der Waals surface area contributed by atoms with E-state index in [1.54, 1.807) is 23.8 Å². The molecule has 1 fully saturated rings. The molecular formula is C26H25ClF2N6O. The molecule has 36 heavy (non-hydrogen) atoms. The molecule has 2 aromatic heterocycles. The summed E-state index contributed by atoms with van der Waals surface area (Å²) in [7, 11) is 0. The van der Waals surface area contributed by atoms with Crippen LogP contribution in [0.3, 0.4) is 0 Å². The molecule has 1 saturated carbocycles. The minimum absolute atomic E-state index is 0.103. The Morgan fingerprint density at radius 3 is 2.78 bits per heavy atom. The quantitative estimate of drug-likeness (QED) is 0.215. The number of aromatic hydroxyl groups is 1. The van der Waals surface area contributed by atoms with Crippen molar-refractivity contribution < 1.29 is 13.9 Å². The fraction of sp³-hybridized carbons (Fsp3) is 0.231. The first-order valence-corrected chi connectivity index (χ1v) is 11.9. The smallest absolute Gasteiger partial charge is 0.165 e. The highest BCUT2D eigenvalue weighted by Gasteiger charge is 2.25. The van der Waals surface area contributed by atoms with Crippen LogP contribution in [0.2, 0.25) is 5.02 Å². The number of hydrogen-bond donors (Lipinski definition) is 4. The van der Waals surface area contributed by atoms with Gasteiger partial charge in [-0.25, -0.2) is 18.3 Å². The summed E-state index contributed by atoms with van der Waals surface area (Å²) in [6.45, 7) is 1.79. The Balaban J connectivity index is 1.65. The second kappa shape index (κ2) is 9.40. The Morgan fingerprint density at radius 2 is 2.03 bits per heavy atom. The van der Waals surface area contributed by atoms with Gasteiger partial charge in [-0.1, -0.05) is 11.6 Å². The van der Waals surface area contributed by atoms with Crippen LogP contribution in [0, 0.1) is 18.6 Å². The second-order valence-electron chi connectivity index (χ2n) is 9.12. The fourth-order valence-electron chi connectivity index (χ4n) is 4.64. The highest BCUT2D eigenvalue weighted by Crippen LogP contribution is 2.35. The number of rotatable bonds is 5. The lowest BCUT2D eigenvalue weighted by molar-refractivity contribution is 0.432. The van der Waals surface area contributed by atoms with Gasteiger partial charge in [0.1, 0.15) is 11.7 Å². The lowest BCUT2D eigenvalue weighted by Crippen LogP contribution is -2.24. The number of hydrogen-bond acceptors (Lipinski definition) is 5. The van der Waals surface area contributed by atoms with Crippen molar-refractivity contribution >= 4 is 34.3 Å². The van der Waals surface area contributed by atoms with Crippen molar-refractivity contribution in [1.29, 1.82) is 0 Å². The topological polar surface area (TPSA) is 114 Å². The van der Waals surface area contributed by atoms with E-state index in [1.165, 1.54) is 30.3 Å². The van der Waals surface area contributed by atoms with Crippen LogP contribution in [0.1, 0.15) is 30.4 Å². The first kappa shape index (κ1) is 24.0. The fourth-order valence-corrected chi connectivity index (χ4v) is 4.80. The number of halogens is 3. The van der Waals surface area contributed by atoms with Crippen LogP contribution >= 0.6 is 11.6 Å². The molecule has 0 aliphatic heterocycles. The van der Waals surface area contributed by atoms with Gasteiger partial charge in [-0.15, -0.1) is 0 Å². The molecule has 0 unspecified atom stereocenters. The number of phenols is 1. The van der Waals surface area contributed by atoms with E-state index < -0.39 is 17.4 Å². The minimum atomic E-state index is -0.707. The van der Waals surface area contributed by atoms with Crippen LogP contribution in [0.25, 0.3) is 16.6 Å². The highest BCUT2D eigenvalue weighted by molar-refractivity contribution is 6.33. The van der Waals surface area contributed by atoms with Crippen molar-refractivity contribution in [2.45, 2.75) is 38.3 Å². The summed E-state index contributed by atoms with van der Waals surface area (Å²) >= 11 is 6.20. The van der Waals surface area contributed by atoms with E-state index >= 15 is 0 Å². The average Bonchev–Trinajstić information content (AvgIpc) is 3.45. The Labute approximate surface area is 211 Å². The number of nitrogens with one attached hydrogen (secondary N) is 1. The monoisotopic (exact) mass is 510 g/mol. The third-order valence-electron chi connectivity index (χ3n) is 6.49. The summed E-state index contributed by atoms with van der Waals surface area (Å²) in [4.78, 5) is 4.38. The molecule has 5 rings (SSSR count). The molecule has 1 aliphatic carbocycles. The number of fused-ring (bicyclic) bond motifs is 1. The van der Waals surface area contributed by atoms with Crippen LogP contribution in [0.15, 0.2) is 53.8 Å². The molecule has 6 N–H and O–H groups in total. The van der Waals surface area contributed by atoms with E-state index in [1.807, 2.05) is 6.07 Å². The first-order chi connectivity index (χ1) is 17.2. The normalized spacial score (nSPS) is 18.2. The standard InChI is InChI=1S/C26H25ClF2N6O/c1-13-6-24(36)21(29)10-18(13)14-7-23-25(33-17-4-3-16(30)9-17)19(11-32-35(23)12-14)26(31)34-22-8-15(28)2-5-20(22)27/h2,5-8,10-12,16-17,33,36H,3-4,9,30H2,1H3,(H2,31,34)/t16-,17+/m0/s1. The third-order valence-corrected chi connectivity index (χ3v) is 6.81. The second-order valence-corrected chi connectivity index (χ2v) is 9.52. The van der Waals surface area contributed by atoms with Crippen molar-refractivity contribution in [3.63, 3.8) is 0 Å². The number of nitrogens with zero attached hydrogens (tertiary/aromatic N) is 3. The van der Waals surface area contributed by atoms with E-state index in [9.17, 15) is 13.9 Å². The average molecular weight is 511 g/mol. The molecule has 0 amide bonds. The van der Waals surface area contributed by atoms with E-state index in [-0.39, 0.29) is 28.6 Å². The van der Waals surface area contributed by atoms with Gasteiger partial charge in [-0.2, -0.15) is 5.10 Å². The van der Waals surface area contributed by atoms with Crippen LogP contribution in [-0.2, 0) is 0 Å². The van der Waals surface area contributed by atoms with Gasteiger partial charge in [0.05, 0.1) is 33.7 Å². The Kier molecular flexibility index (Phi) is 6.27. The van der Waals surface area contributed by atoms with Gasteiger partial charge in [0, 0.05) is 29.9 Å². The molecule has 2 heterocycles. The first-order valence-electron chi connectivity index (χ1n) is 11.5. The van der Waals surface area contributed by atoms with Crippen LogP contribution in [0.5, 0.6) is 5.75 Å². The molecule has 2 atom stereocenters. The predicted molar refractivity (Wildman–Crippen MR) is 138 cm³/mol. The van der Waals surface area contributed by atoms with Gasteiger partial charge in [0.15, 0.2) is 11.6 Å². The van der Waals surface area contributed by atoms with Gasteiger partial charge in [-0.05, 0) is 67.6 Å². The van der Waals surface area contributed by atoms with Gasteiger partial charge in [0.2, 0.25) is 0 Å². The maximum absolute atomic E-state index is 14.2. The predicted octanol–water partition coefficient (Wildman–Crippen LogP) is 5.28. The summed E-state index contributed by atoms with van der Waals surface area (Å²) in [5.41, 5.74) is 16.7. The number of anilines is 1. The van der Waals surface area contributed by atoms with Crippen molar-refractivity contribution in [2.24, 2.45) is 16.5 Å². The van der Waals surface area contributed by atoms with Crippen molar-refractivity contribution in [1.82, 2.24) is 9.61 Å². The molecule has 0 saturated heterocycles. The lowest BCUT2D eigenvalue weighted by Gasteiger charge is -2.18. The number of aryl methyl sites for hydroxylation is 1. The lowest BCUT2D eigenvalue weighted by atomic mass is 10.0. The van der Waals surface area contributed by atoms with Gasteiger partial charge in [0.25, 0.3) is 0 Å². The molecule has 0 radical (unpaired) electrons. The molecule has 0 spiro atoms. The number of benzene rings is 2. The minimum Gasteiger partial charge on any atom is -0.505 e. The maximum Gasteiger partial charge on any atom is 0.165 e. The van der Waals surface area contributed by atoms with Crippen molar-refractivity contribution in [3.05, 3.63) is 76.6 Å². The molecule has 0 bridgehead atoms. The molecule has 10 heteroatoms. The van der Waals surface area contributed by atoms with Crippen LogP contribution in [0.4, 0.5) is 20.2 Å². The van der Waals surface area contributed by atoms with E-state index in [0.717, 1.165) is 19.3 Å². The summed E-state index contributed by atoms with van der Waals surface area (Å²) in [6, 6.07) is 8.65. The maximum atomic E-state index is 14.2.